The second-order valence-electron chi connectivity index (χ2n) is 12.2. The smallest absolute Gasteiger partial charge is 0.410 e. The fourth-order valence-corrected chi connectivity index (χ4v) is 6.22. The Kier molecular flexibility index (Phi) is 8.92. The standard InChI is InChI=1S/C29H43ClN4O4/c1-19-17-32(13-14-33(19)27(36)21-9-6-7-10-21)18-22-15-23(30)16-24(20(22)2)31-26(35)25-11-8-12-34(25)28(37)38-29(3,4)5/h15-16,19,21,25H,6-14,17-18H2,1-5H3,(H,31,35)/t19-,25+/m0/s1. The number of carbonyl (C=O) groups is 3. The van der Waals surface area contributed by atoms with E-state index in [4.69, 9.17) is 16.3 Å². The molecule has 2 atom stereocenters. The molecule has 0 aromatic heterocycles. The van der Waals surface area contributed by atoms with E-state index in [-0.39, 0.29) is 17.9 Å². The van der Waals surface area contributed by atoms with Gasteiger partial charge in [-0.25, -0.2) is 4.79 Å². The van der Waals surface area contributed by atoms with E-state index in [0.717, 1.165) is 62.9 Å². The maximum atomic E-state index is 13.3. The van der Waals surface area contributed by atoms with E-state index in [0.29, 0.717) is 36.1 Å². The largest absolute Gasteiger partial charge is 0.444 e. The summed E-state index contributed by atoms with van der Waals surface area (Å²) in [6, 6.07) is 3.32. The van der Waals surface area contributed by atoms with Gasteiger partial charge in [-0.15, -0.1) is 0 Å². The lowest BCUT2D eigenvalue weighted by Crippen LogP contribution is -2.54. The summed E-state index contributed by atoms with van der Waals surface area (Å²) in [5.74, 6) is 0.305. The number of hydrogen-bond acceptors (Lipinski definition) is 5. The van der Waals surface area contributed by atoms with Gasteiger partial charge in [0.1, 0.15) is 11.6 Å². The van der Waals surface area contributed by atoms with Gasteiger partial charge in [0.05, 0.1) is 0 Å². The molecule has 0 spiro atoms. The van der Waals surface area contributed by atoms with Gasteiger partial charge in [-0.1, -0.05) is 24.4 Å². The molecule has 0 unspecified atom stereocenters. The highest BCUT2D eigenvalue weighted by Crippen LogP contribution is 2.30. The molecule has 0 bridgehead atoms. The summed E-state index contributed by atoms with van der Waals surface area (Å²) >= 11 is 6.49. The van der Waals surface area contributed by atoms with Crippen LogP contribution in [0, 0.1) is 12.8 Å². The topological polar surface area (TPSA) is 82.2 Å². The number of amides is 3. The Bertz CT molecular complexity index is 1050. The summed E-state index contributed by atoms with van der Waals surface area (Å²) in [5, 5.41) is 3.59. The first-order chi connectivity index (χ1) is 17.9. The van der Waals surface area contributed by atoms with Gasteiger partial charge in [-0.3, -0.25) is 19.4 Å². The maximum Gasteiger partial charge on any atom is 0.410 e. The second kappa shape index (κ2) is 11.8. The number of nitrogens with one attached hydrogen (secondary N) is 1. The van der Waals surface area contributed by atoms with Crippen molar-refractivity contribution < 1.29 is 19.1 Å². The molecule has 1 aromatic carbocycles. The van der Waals surface area contributed by atoms with E-state index >= 15 is 0 Å². The van der Waals surface area contributed by atoms with Crippen LogP contribution in [0.3, 0.4) is 0 Å². The number of carbonyl (C=O) groups excluding carboxylic acids is 3. The molecule has 2 saturated heterocycles. The van der Waals surface area contributed by atoms with Gasteiger partial charge in [0.2, 0.25) is 11.8 Å². The number of hydrogen-bond donors (Lipinski definition) is 1. The molecule has 2 heterocycles. The normalized spacial score (nSPS) is 23.1. The van der Waals surface area contributed by atoms with Crippen molar-refractivity contribution in [2.75, 3.05) is 31.5 Å². The van der Waals surface area contributed by atoms with Gasteiger partial charge in [-0.2, -0.15) is 0 Å². The fraction of sp³-hybridized carbons (Fsp3) is 0.690. The van der Waals surface area contributed by atoms with E-state index in [1.54, 1.807) is 6.07 Å². The van der Waals surface area contributed by atoms with Crippen LogP contribution in [0.2, 0.25) is 5.02 Å². The Morgan fingerprint density at radius 1 is 1.03 bits per heavy atom. The van der Waals surface area contributed by atoms with Crippen LogP contribution in [0.15, 0.2) is 12.1 Å². The molecule has 2 aliphatic heterocycles. The number of likely N-dealkylation sites (tertiary alicyclic amines) is 1. The Morgan fingerprint density at radius 2 is 1.74 bits per heavy atom. The Labute approximate surface area is 232 Å². The highest BCUT2D eigenvalue weighted by atomic mass is 35.5. The lowest BCUT2D eigenvalue weighted by Gasteiger charge is -2.41. The Hall–Kier alpha value is -2.32. The zero-order chi connectivity index (χ0) is 27.6. The molecule has 9 heteroatoms. The minimum atomic E-state index is -0.619. The first-order valence-electron chi connectivity index (χ1n) is 14.1. The third kappa shape index (κ3) is 6.81. The van der Waals surface area contributed by atoms with Gasteiger partial charge < -0.3 is 15.0 Å². The molecule has 3 amide bonds. The van der Waals surface area contributed by atoms with Crippen molar-refractivity contribution >= 4 is 35.2 Å². The molecule has 1 N–H and O–H groups in total. The van der Waals surface area contributed by atoms with E-state index in [9.17, 15) is 14.4 Å². The van der Waals surface area contributed by atoms with Gasteiger partial charge in [-0.05, 0) is 83.6 Å². The highest BCUT2D eigenvalue weighted by molar-refractivity contribution is 6.31. The third-order valence-corrected chi connectivity index (χ3v) is 8.23. The van der Waals surface area contributed by atoms with Crippen LogP contribution < -0.4 is 5.32 Å². The van der Waals surface area contributed by atoms with Gasteiger partial charge >= 0.3 is 6.09 Å². The predicted octanol–water partition coefficient (Wildman–Crippen LogP) is 5.21. The summed E-state index contributed by atoms with van der Waals surface area (Å²) in [7, 11) is 0. The third-order valence-electron chi connectivity index (χ3n) is 8.01. The van der Waals surface area contributed by atoms with Crippen LogP contribution in [0.1, 0.15) is 77.3 Å². The molecule has 8 nitrogen and oxygen atoms in total. The molecule has 210 valence electrons. The summed E-state index contributed by atoms with van der Waals surface area (Å²) < 4.78 is 5.51. The van der Waals surface area contributed by atoms with Crippen LogP contribution in [-0.4, -0.2) is 76.5 Å². The summed E-state index contributed by atoms with van der Waals surface area (Å²) in [4.78, 5) is 44.9. The van der Waals surface area contributed by atoms with Crippen molar-refractivity contribution in [1.29, 1.82) is 0 Å². The first kappa shape index (κ1) is 28.7. The van der Waals surface area contributed by atoms with Crippen molar-refractivity contribution in [3.63, 3.8) is 0 Å². The maximum absolute atomic E-state index is 13.3. The quantitative estimate of drug-likeness (QED) is 0.548. The van der Waals surface area contributed by atoms with Crippen LogP contribution in [0.5, 0.6) is 0 Å². The lowest BCUT2D eigenvalue weighted by atomic mass is 10.0. The Balaban J connectivity index is 1.40. The number of halogens is 1. The zero-order valence-electron chi connectivity index (χ0n) is 23.5. The van der Waals surface area contributed by atoms with E-state index in [2.05, 4.69) is 22.0 Å². The van der Waals surface area contributed by atoms with Crippen molar-refractivity contribution in [2.24, 2.45) is 5.92 Å². The minimum absolute atomic E-state index is 0.164. The number of benzene rings is 1. The molecule has 4 rings (SSSR count). The second-order valence-corrected chi connectivity index (χ2v) is 12.6. The van der Waals surface area contributed by atoms with Crippen LogP contribution in [0.4, 0.5) is 10.5 Å². The first-order valence-corrected chi connectivity index (χ1v) is 14.4. The molecular weight excluding hydrogens is 504 g/mol. The van der Waals surface area contributed by atoms with E-state index < -0.39 is 17.7 Å². The van der Waals surface area contributed by atoms with Crippen LogP contribution in [-0.2, 0) is 20.9 Å². The van der Waals surface area contributed by atoms with Gasteiger partial charge in [0.25, 0.3) is 0 Å². The zero-order valence-corrected chi connectivity index (χ0v) is 24.3. The van der Waals surface area contributed by atoms with Crippen molar-refractivity contribution in [3.8, 4) is 0 Å². The van der Waals surface area contributed by atoms with Crippen molar-refractivity contribution in [1.82, 2.24) is 14.7 Å². The van der Waals surface area contributed by atoms with E-state index in [1.165, 1.54) is 4.90 Å². The molecule has 3 aliphatic rings. The molecule has 1 saturated carbocycles. The molecular formula is C29H43ClN4O4. The summed E-state index contributed by atoms with van der Waals surface area (Å²) in [6.45, 7) is 13.1. The monoisotopic (exact) mass is 546 g/mol. The highest BCUT2D eigenvalue weighted by Gasteiger charge is 2.37. The van der Waals surface area contributed by atoms with Crippen molar-refractivity contribution in [3.05, 3.63) is 28.3 Å². The summed E-state index contributed by atoms with van der Waals surface area (Å²) in [5.41, 5.74) is 2.05. The van der Waals surface area contributed by atoms with E-state index in [1.807, 2.05) is 33.8 Å². The number of rotatable bonds is 5. The predicted molar refractivity (Wildman–Crippen MR) is 149 cm³/mol. The molecule has 3 fully saturated rings. The molecule has 38 heavy (non-hydrogen) atoms. The Morgan fingerprint density at radius 3 is 2.39 bits per heavy atom. The average Bonchev–Trinajstić information content (AvgIpc) is 3.53. The number of nitrogens with zero attached hydrogens (tertiary/aromatic N) is 3. The summed E-state index contributed by atoms with van der Waals surface area (Å²) in [6.07, 6.45) is 5.27. The van der Waals surface area contributed by atoms with Gasteiger partial charge in [0, 0.05) is 55.4 Å². The van der Waals surface area contributed by atoms with Gasteiger partial charge in [0.15, 0.2) is 0 Å². The lowest BCUT2D eigenvalue weighted by molar-refractivity contribution is -0.140. The molecule has 1 aromatic rings. The molecule has 0 radical (unpaired) electrons. The number of ether oxygens (including phenoxy) is 1. The average molecular weight is 547 g/mol. The van der Waals surface area contributed by atoms with Crippen LogP contribution in [0.25, 0.3) is 0 Å². The number of anilines is 1. The minimum Gasteiger partial charge on any atom is -0.444 e. The SMILES string of the molecule is Cc1c(CN2CCN(C(=O)C3CCCC3)[C@@H](C)C2)cc(Cl)cc1NC(=O)[C@H]1CCCN1C(=O)OC(C)(C)C. The number of piperazine rings is 1. The molecule has 1 aliphatic carbocycles. The fourth-order valence-electron chi connectivity index (χ4n) is 5.98. The van der Waals surface area contributed by atoms with Crippen molar-refractivity contribution in [2.45, 2.75) is 97.4 Å². The van der Waals surface area contributed by atoms with Crippen LogP contribution >= 0.6 is 11.6 Å².